The van der Waals surface area contributed by atoms with E-state index in [2.05, 4.69) is 16.4 Å². The molecule has 3 nitrogen and oxygen atoms in total. The molecule has 0 aliphatic rings. The van der Waals surface area contributed by atoms with Gasteiger partial charge in [-0.1, -0.05) is 42.5 Å². The van der Waals surface area contributed by atoms with Gasteiger partial charge in [-0.25, -0.2) is 4.98 Å². The maximum Gasteiger partial charge on any atom is 0.225 e. The van der Waals surface area contributed by atoms with E-state index in [-0.39, 0.29) is 5.91 Å². The summed E-state index contributed by atoms with van der Waals surface area (Å²) in [5, 5.41) is 4.97. The number of rotatable bonds is 5. The first-order chi connectivity index (χ1) is 10.8. The van der Waals surface area contributed by atoms with Crippen LogP contribution >= 0.6 is 11.8 Å². The number of aromatic nitrogens is 1. The molecule has 0 saturated carbocycles. The molecule has 2 aromatic carbocycles. The van der Waals surface area contributed by atoms with Crippen molar-refractivity contribution in [2.24, 2.45) is 0 Å². The first kappa shape index (κ1) is 14.6. The van der Waals surface area contributed by atoms with Crippen LogP contribution in [-0.4, -0.2) is 16.6 Å². The molecular formula is C18H16N2OS. The van der Waals surface area contributed by atoms with Crippen LogP contribution in [0.25, 0.3) is 10.9 Å². The molecule has 0 aliphatic carbocycles. The van der Waals surface area contributed by atoms with Gasteiger partial charge >= 0.3 is 0 Å². The van der Waals surface area contributed by atoms with Crippen molar-refractivity contribution >= 4 is 34.3 Å². The highest BCUT2D eigenvalue weighted by molar-refractivity contribution is 7.99. The first-order valence-electron chi connectivity index (χ1n) is 7.15. The van der Waals surface area contributed by atoms with E-state index in [4.69, 9.17) is 0 Å². The molecule has 1 aromatic heterocycles. The SMILES string of the molecule is O=C(CCSc1ccc2ccccc2n1)Nc1ccccc1. The van der Waals surface area contributed by atoms with Gasteiger partial charge in [0.2, 0.25) is 5.91 Å². The van der Waals surface area contributed by atoms with Gasteiger partial charge in [-0.2, -0.15) is 0 Å². The van der Waals surface area contributed by atoms with Gasteiger partial charge in [-0.3, -0.25) is 4.79 Å². The second-order valence-electron chi connectivity index (χ2n) is 4.85. The molecule has 3 rings (SSSR count). The van der Waals surface area contributed by atoms with Gasteiger partial charge in [0.1, 0.15) is 0 Å². The van der Waals surface area contributed by atoms with Gasteiger partial charge in [-0.15, -0.1) is 11.8 Å². The molecule has 0 bridgehead atoms. The minimum Gasteiger partial charge on any atom is -0.326 e. The molecule has 0 radical (unpaired) electrons. The Morgan fingerprint density at radius 2 is 1.73 bits per heavy atom. The maximum absolute atomic E-state index is 11.9. The van der Waals surface area contributed by atoms with Crippen molar-refractivity contribution in [2.45, 2.75) is 11.4 Å². The Bertz CT molecular complexity index is 774. The molecule has 0 saturated heterocycles. The lowest BCUT2D eigenvalue weighted by atomic mass is 10.2. The fourth-order valence-corrected chi connectivity index (χ4v) is 2.94. The van der Waals surface area contributed by atoms with Crippen molar-refractivity contribution in [3.05, 3.63) is 66.7 Å². The third-order valence-corrected chi connectivity index (χ3v) is 4.14. The number of anilines is 1. The Morgan fingerprint density at radius 1 is 0.955 bits per heavy atom. The molecule has 0 atom stereocenters. The molecule has 1 N–H and O–H groups in total. The van der Waals surface area contributed by atoms with Crippen LogP contribution in [0.2, 0.25) is 0 Å². The summed E-state index contributed by atoms with van der Waals surface area (Å²) in [7, 11) is 0. The number of hydrogen-bond acceptors (Lipinski definition) is 3. The van der Waals surface area contributed by atoms with E-state index >= 15 is 0 Å². The Kier molecular flexibility index (Phi) is 4.71. The monoisotopic (exact) mass is 308 g/mol. The number of benzene rings is 2. The predicted octanol–water partition coefficient (Wildman–Crippen LogP) is 4.36. The zero-order chi connectivity index (χ0) is 15.2. The summed E-state index contributed by atoms with van der Waals surface area (Å²) in [5.41, 5.74) is 1.82. The van der Waals surface area contributed by atoms with E-state index in [1.54, 1.807) is 11.8 Å². The van der Waals surface area contributed by atoms with Crippen LogP contribution < -0.4 is 5.32 Å². The number of carbonyl (C=O) groups is 1. The fourth-order valence-electron chi connectivity index (χ4n) is 2.12. The second kappa shape index (κ2) is 7.09. The molecule has 1 amide bonds. The Balaban J connectivity index is 1.52. The molecule has 0 spiro atoms. The molecule has 110 valence electrons. The number of amides is 1. The maximum atomic E-state index is 11.9. The first-order valence-corrected chi connectivity index (χ1v) is 8.13. The van der Waals surface area contributed by atoms with E-state index in [9.17, 15) is 4.79 Å². The summed E-state index contributed by atoms with van der Waals surface area (Å²) in [6, 6.07) is 21.6. The normalized spacial score (nSPS) is 10.5. The van der Waals surface area contributed by atoms with Crippen molar-refractivity contribution in [3.8, 4) is 0 Å². The highest BCUT2D eigenvalue weighted by Crippen LogP contribution is 2.20. The minimum absolute atomic E-state index is 0.0273. The van der Waals surface area contributed by atoms with E-state index in [0.717, 1.165) is 21.6 Å². The molecule has 0 aliphatic heterocycles. The van der Waals surface area contributed by atoms with E-state index in [0.29, 0.717) is 12.2 Å². The number of thioether (sulfide) groups is 1. The summed E-state index contributed by atoms with van der Waals surface area (Å²) in [4.78, 5) is 16.5. The van der Waals surface area contributed by atoms with Gasteiger partial charge in [0, 0.05) is 23.2 Å². The quantitative estimate of drug-likeness (QED) is 0.712. The van der Waals surface area contributed by atoms with E-state index < -0.39 is 0 Å². The highest BCUT2D eigenvalue weighted by atomic mass is 32.2. The third kappa shape index (κ3) is 3.86. The van der Waals surface area contributed by atoms with Crippen LogP contribution in [0.15, 0.2) is 71.8 Å². The summed E-state index contributed by atoms with van der Waals surface area (Å²) in [6.45, 7) is 0. The molecule has 4 heteroatoms. The fraction of sp³-hybridized carbons (Fsp3) is 0.111. The molecule has 22 heavy (non-hydrogen) atoms. The number of nitrogens with one attached hydrogen (secondary N) is 1. The number of nitrogens with zero attached hydrogens (tertiary/aromatic N) is 1. The summed E-state index contributed by atoms with van der Waals surface area (Å²) in [5.74, 6) is 0.740. The number of pyridine rings is 1. The largest absolute Gasteiger partial charge is 0.326 e. The van der Waals surface area contributed by atoms with Gasteiger partial charge in [0.25, 0.3) is 0 Å². The summed E-state index contributed by atoms with van der Waals surface area (Å²) in [6.07, 6.45) is 0.466. The molecule has 0 unspecified atom stereocenters. The summed E-state index contributed by atoms with van der Waals surface area (Å²) >= 11 is 1.60. The van der Waals surface area contributed by atoms with Crippen LogP contribution in [0, 0.1) is 0 Å². The number of para-hydroxylation sites is 2. The number of fused-ring (bicyclic) bond motifs is 1. The predicted molar refractivity (Wildman–Crippen MR) is 92.2 cm³/mol. The number of hydrogen-bond donors (Lipinski definition) is 1. The Labute approximate surface area is 133 Å². The van der Waals surface area contributed by atoms with Crippen molar-refractivity contribution in [1.29, 1.82) is 0 Å². The lowest BCUT2D eigenvalue weighted by molar-refractivity contribution is -0.115. The van der Waals surface area contributed by atoms with E-state index in [1.165, 1.54) is 0 Å². The highest BCUT2D eigenvalue weighted by Gasteiger charge is 2.04. The zero-order valence-electron chi connectivity index (χ0n) is 12.0. The molecule has 3 aromatic rings. The smallest absolute Gasteiger partial charge is 0.225 e. The van der Waals surface area contributed by atoms with Crippen LogP contribution in [-0.2, 0) is 4.79 Å². The van der Waals surface area contributed by atoms with Crippen molar-refractivity contribution in [2.75, 3.05) is 11.1 Å². The van der Waals surface area contributed by atoms with Crippen molar-refractivity contribution in [1.82, 2.24) is 4.98 Å². The van der Waals surface area contributed by atoms with Crippen LogP contribution in [0.1, 0.15) is 6.42 Å². The molecule has 1 heterocycles. The number of carbonyl (C=O) groups excluding carboxylic acids is 1. The zero-order valence-corrected chi connectivity index (χ0v) is 12.8. The van der Waals surface area contributed by atoms with Crippen LogP contribution in [0.5, 0.6) is 0 Å². The second-order valence-corrected chi connectivity index (χ2v) is 5.97. The average molecular weight is 308 g/mol. The van der Waals surface area contributed by atoms with Gasteiger partial charge < -0.3 is 5.32 Å². The molecular weight excluding hydrogens is 292 g/mol. The minimum atomic E-state index is 0.0273. The average Bonchev–Trinajstić information content (AvgIpc) is 2.55. The van der Waals surface area contributed by atoms with Crippen molar-refractivity contribution < 1.29 is 4.79 Å². The van der Waals surface area contributed by atoms with Gasteiger partial charge in [0.05, 0.1) is 10.5 Å². The lowest BCUT2D eigenvalue weighted by Crippen LogP contribution is -2.11. The van der Waals surface area contributed by atoms with Crippen LogP contribution in [0.3, 0.4) is 0 Å². The third-order valence-electron chi connectivity index (χ3n) is 3.21. The van der Waals surface area contributed by atoms with Crippen LogP contribution in [0.4, 0.5) is 5.69 Å². The topological polar surface area (TPSA) is 42.0 Å². The Hall–Kier alpha value is -2.33. The Morgan fingerprint density at radius 3 is 2.59 bits per heavy atom. The van der Waals surface area contributed by atoms with Gasteiger partial charge in [0.15, 0.2) is 0 Å². The lowest BCUT2D eigenvalue weighted by Gasteiger charge is -2.05. The summed E-state index contributed by atoms with van der Waals surface area (Å²) < 4.78 is 0. The van der Waals surface area contributed by atoms with Crippen molar-refractivity contribution in [3.63, 3.8) is 0 Å². The van der Waals surface area contributed by atoms with Gasteiger partial charge in [-0.05, 0) is 24.3 Å². The standard InChI is InChI=1S/C18H16N2OS/c21-17(19-15-7-2-1-3-8-15)12-13-22-18-11-10-14-6-4-5-9-16(14)20-18/h1-11H,12-13H2,(H,19,21). The van der Waals surface area contributed by atoms with E-state index in [1.807, 2.05) is 60.7 Å². The molecule has 0 fully saturated rings.